The van der Waals surface area contributed by atoms with Crippen molar-refractivity contribution in [2.45, 2.75) is 59.0 Å². The molecule has 0 amide bonds. The number of hydrogen-bond acceptors (Lipinski definition) is 4. The molecule has 1 aliphatic rings. The van der Waals surface area contributed by atoms with Crippen LogP contribution in [0.1, 0.15) is 50.7 Å². The van der Waals surface area contributed by atoms with Crippen LogP contribution in [0.4, 0.5) is 0 Å². The van der Waals surface area contributed by atoms with Crippen molar-refractivity contribution in [3.05, 3.63) is 16.1 Å². The number of aromatic nitrogens is 1. The fourth-order valence-corrected chi connectivity index (χ4v) is 3.72. The largest absolute Gasteiger partial charge is 0.316 e. The highest BCUT2D eigenvalue weighted by molar-refractivity contribution is 7.09. The van der Waals surface area contributed by atoms with E-state index in [-0.39, 0.29) is 0 Å². The molecule has 1 unspecified atom stereocenters. The lowest BCUT2D eigenvalue weighted by Crippen LogP contribution is -2.40. The van der Waals surface area contributed by atoms with E-state index in [1.165, 1.54) is 49.6 Å². The van der Waals surface area contributed by atoms with Gasteiger partial charge in [0, 0.05) is 24.5 Å². The first-order valence-corrected chi connectivity index (χ1v) is 8.95. The molecule has 4 heteroatoms. The van der Waals surface area contributed by atoms with E-state index >= 15 is 0 Å². The SMILES string of the molecule is CCCc1nc(CN(CC2CCCNC2)C(C)C)cs1. The lowest BCUT2D eigenvalue weighted by molar-refractivity contribution is 0.162. The van der Waals surface area contributed by atoms with E-state index < -0.39 is 0 Å². The molecule has 0 aliphatic carbocycles. The Hall–Kier alpha value is -0.450. The second kappa shape index (κ2) is 8.11. The van der Waals surface area contributed by atoms with Gasteiger partial charge in [-0.25, -0.2) is 4.98 Å². The van der Waals surface area contributed by atoms with Gasteiger partial charge in [-0.1, -0.05) is 6.92 Å². The van der Waals surface area contributed by atoms with Gasteiger partial charge in [-0.2, -0.15) is 0 Å². The van der Waals surface area contributed by atoms with Crippen LogP contribution in [0.2, 0.25) is 0 Å². The molecule has 0 saturated carbocycles. The molecule has 0 spiro atoms. The molecule has 0 bridgehead atoms. The fourth-order valence-electron chi connectivity index (χ4n) is 2.83. The maximum absolute atomic E-state index is 4.78. The van der Waals surface area contributed by atoms with Gasteiger partial charge in [0.2, 0.25) is 0 Å². The zero-order valence-electron chi connectivity index (χ0n) is 13.2. The molecule has 20 heavy (non-hydrogen) atoms. The summed E-state index contributed by atoms with van der Waals surface area (Å²) >= 11 is 1.82. The van der Waals surface area contributed by atoms with E-state index in [0.29, 0.717) is 6.04 Å². The summed E-state index contributed by atoms with van der Waals surface area (Å²) in [6.45, 7) is 11.4. The molecule has 1 fully saturated rings. The summed E-state index contributed by atoms with van der Waals surface area (Å²) in [5.41, 5.74) is 1.26. The number of aryl methyl sites for hydroxylation is 1. The van der Waals surface area contributed by atoms with Gasteiger partial charge in [-0.05, 0) is 58.5 Å². The molecule has 0 aromatic carbocycles. The minimum absolute atomic E-state index is 0.591. The summed E-state index contributed by atoms with van der Waals surface area (Å²) in [6.07, 6.45) is 5.01. The summed E-state index contributed by atoms with van der Waals surface area (Å²) in [6, 6.07) is 0.591. The summed E-state index contributed by atoms with van der Waals surface area (Å²) in [4.78, 5) is 7.36. The smallest absolute Gasteiger partial charge is 0.0928 e. The van der Waals surface area contributed by atoms with Gasteiger partial charge in [0.25, 0.3) is 0 Å². The number of nitrogens with one attached hydrogen (secondary N) is 1. The zero-order chi connectivity index (χ0) is 14.4. The van der Waals surface area contributed by atoms with Gasteiger partial charge in [-0.3, -0.25) is 4.90 Å². The summed E-state index contributed by atoms with van der Waals surface area (Å²) in [5.74, 6) is 0.805. The Labute approximate surface area is 127 Å². The first-order valence-electron chi connectivity index (χ1n) is 8.07. The van der Waals surface area contributed by atoms with Crippen LogP contribution in [-0.2, 0) is 13.0 Å². The topological polar surface area (TPSA) is 28.2 Å². The lowest BCUT2D eigenvalue weighted by Gasteiger charge is -2.32. The van der Waals surface area contributed by atoms with Crippen molar-refractivity contribution in [1.82, 2.24) is 15.2 Å². The number of thiazole rings is 1. The average molecular weight is 295 g/mol. The molecule has 1 aromatic heterocycles. The molecular weight excluding hydrogens is 266 g/mol. The van der Waals surface area contributed by atoms with Gasteiger partial charge < -0.3 is 5.32 Å². The van der Waals surface area contributed by atoms with Crippen LogP contribution in [0.15, 0.2) is 5.38 Å². The van der Waals surface area contributed by atoms with Gasteiger partial charge >= 0.3 is 0 Å². The van der Waals surface area contributed by atoms with Gasteiger partial charge in [0.05, 0.1) is 10.7 Å². The fraction of sp³-hybridized carbons (Fsp3) is 0.812. The predicted molar refractivity (Wildman–Crippen MR) is 87.2 cm³/mol. The Kier molecular flexibility index (Phi) is 6.46. The maximum atomic E-state index is 4.78. The van der Waals surface area contributed by atoms with Crippen molar-refractivity contribution in [2.75, 3.05) is 19.6 Å². The van der Waals surface area contributed by atoms with E-state index in [1.807, 2.05) is 11.3 Å². The monoisotopic (exact) mass is 295 g/mol. The van der Waals surface area contributed by atoms with Crippen molar-refractivity contribution in [3.63, 3.8) is 0 Å². The van der Waals surface area contributed by atoms with Crippen molar-refractivity contribution < 1.29 is 0 Å². The molecule has 1 atom stereocenters. The Morgan fingerprint density at radius 3 is 3.00 bits per heavy atom. The second-order valence-electron chi connectivity index (χ2n) is 6.22. The second-order valence-corrected chi connectivity index (χ2v) is 7.16. The zero-order valence-corrected chi connectivity index (χ0v) is 14.0. The summed E-state index contributed by atoms with van der Waals surface area (Å²) in [5, 5.41) is 7.07. The van der Waals surface area contributed by atoms with Crippen molar-refractivity contribution in [2.24, 2.45) is 5.92 Å². The first-order chi connectivity index (χ1) is 9.69. The lowest BCUT2D eigenvalue weighted by atomic mass is 9.98. The van der Waals surface area contributed by atoms with E-state index in [9.17, 15) is 0 Å². The molecule has 114 valence electrons. The Morgan fingerprint density at radius 2 is 2.35 bits per heavy atom. The quantitative estimate of drug-likeness (QED) is 0.836. The molecule has 3 nitrogen and oxygen atoms in total. The molecule has 1 saturated heterocycles. The highest BCUT2D eigenvalue weighted by Crippen LogP contribution is 2.18. The van der Waals surface area contributed by atoms with Crippen LogP contribution in [0.25, 0.3) is 0 Å². The number of nitrogens with zero attached hydrogens (tertiary/aromatic N) is 2. The molecule has 0 radical (unpaired) electrons. The maximum Gasteiger partial charge on any atom is 0.0928 e. The Bertz CT molecular complexity index is 383. The van der Waals surface area contributed by atoms with Gasteiger partial charge in [0.1, 0.15) is 0 Å². The minimum atomic E-state index is 0.591. The normalized spacial score (nSPS) is 19.9. The third-order valence-electron chi connectivity index (χ3n) is 4.05. The van der Waals surface area contributed by atoms with Crippen LogP contribution in [0.5, 0.6) is 0 Å². The number of hydrogen-bond donors (Lipinski definition) is 1. The van der Waals surface area contributed by atoms with Crippen LogP contribution in [0.3, 0.4) is 0 Å². The average Bonchev–Trinajstić information content (AvgIpc) is 2.87. The highest BCUT2D eigenvalue weighted by atomic mass is 32.1. The minimum Gasteiger partial charge on any atom is -0.316 e. The summed E-state index contributed by atoms with van der Waals surface area (Å²) < 4.78 is 0. The van der Waals surface area contributed by atoms with E-state index in [0.717, 1.165) is 18.9 Å². The van der Waals surface area contributed by atoms with E-state index in [1.54, 1.807) is 0 Å². The van der Waals surface area contributed by atoms with Crippen LogP contribution >= 0.6 is 11.3 Å². The van der Waals surface area contributed by atoms with Gasteiger partial charge in [0.15, 0.2) is 0 Å². The van der Waals surface area contributed by atoms with Gasteiger partial charge in [-0.15, -0.1) is 11.3 Å². The van der Waals surface area contributed by atoms with Crippen LogP contribution in [0, 0.1) is 5.92 Å². The molecule has 1 aliphatic heterocycles. The Morgan fingerprint density at radius 1 is 1.50 bits per heavy atom. The third-order valence-corrected chi connectivity index (χ3v) is 5.01. The van der Waals surface area contributed by atoms with E-state index in [2.05, 4.69) is 36.4 Å². The molecule has 1 N–H and O–H groups in total. The molecule has 2 heterocycles. The van der Waals surface area contributed by atoms with Crippen molar-refractivity contribution >= 4 is 11.3 Å². The molecule has 1 aromatic rings. The third kappa shape index (κ3) is 4.83. The van der Waals surface area contributed by atoms with Crippen molar-refractivity contribution in [3.8, 4) is 0 Å². The summed E-state index contributed by atoms with van der Waals surface area (Å²) in [7, 11) is 0. The number of piperidine rings is 1. The predicted octanol–water partition coefficient (Wildman–Crippen LogP) is 3.31. The molecular formula is C16H29N3S. The first kappa shape index (κ1) is 15.9. The van der Waals surface area contributed by atoms with E-state index in [4.69, 9.17) is 4.98 Å². The Balaban J connectivity index is 1.90. The number of rotatable bonds is 7. The highest BCUT2D eigenvalue weighted by Gasteiger charge is 2.19. The van der Waals surface area contributed by atoms with Crippen molar-refractivity contribution in [1.29, 1.82) is 0 Å². The van der Waals surface area contributed by atoms with Crippen LogP contribution < -0.4 is 5.32 Å². The standard InChI is InChI=1S/C16H29N3S/c1-4-6-16-18-15(12-20-16)11-19(13(2)3)10-14-7-5-8-17-9-14/h12-14,17H,4-11H2,1-3H3. The molecule has 2 rings (SSSR count). The van der Waals surface area contributed by atoms with Crippen LogP contribution in [-0.4, -0.2) is 35.6 Å².